The second-order valence-corrected chi connectivity index (χ2v) is 9.04. The lowest BCUT2D eigenvalue weighted by molar-refractivity contribution is 0.0764. The van der Waals surface area contributed by atoms with Crippen molar-refractivity contribution in [2.24, 2.45) is 0 Å². The van der Waals surface area contributed by atoms with Gasteiger partial charge in [0.25, 0.3) is 5.91 Å². The van der Waals surface area contributed by atoms with Crippen LogP contribution in [-0.2, 0) is 10.0 Å². The number of hydrogen-bond donors (Lipinski definition) is 0. The summed E-state index contributed by atoms with van der Waals surface area (Å²) in [6.07, 6.45) is 0.502. The maximum absolute atomic E-state index is 13.1. The van der Waals surface area contributed by atoms with Crippen LogP contribution in [0.1, 0.15) is 34.5 Å². The van der Waals surface area contributed by atoms with Crippen LogP contribution in [0.5, 0.6) is 0 Å². The molecule has 5 nitrogen and oxygen atoms in total. The highest BCUT2D eigenvalue weighted by atomic mass is 32.2. The molecule has 2 aromatic rings. The Bertz CT molecular complexity index is 931. The molecule has 1 aliphatic rings. The number of amides is 1. The molecule has 150 valence electrons. The monoisotopic (exact) mass is 408 g/mol. The van der Waals surface area contributed by atoms with Crippen LogP contribution in [0.15, 0.2) is 48.5 Å². The third-order valence-electron chi connectivity index (χ3n) is 4.98. The second-order valence-electron chi connectivity index (χ2n) is 6.79. The SMILES string of the molecule is CC(c1ccc(F)cc1)S(=O)(=O)N1CCCN(C(=O)c2ccc(F)cc2)CC1. The molecule has 1 atom stereocenters. The Labute approximate surface area is 163 Å². The molecule has 3 rings (SSSR count). The molecule has 2 aromatic carbocycles. The summed E-state index contributed by atoms with van der Waals surface area (Å²) in [4.78, 5) is 14.2. The number of halogens is 2. The Kier molecular flexibility index (Phi) is 6.10. The summed E-state index contributed by atoms with van der Waals surface area (Å²) in [7, 11) is -3.65. The fourth-order valence-electron chi connectivity index (χ4n) is 3.26. The highest BCUT2D eigenvalue weighted by molar-refractivity contribution is 7.89. The number of benzene rings is 2. The number of carbonyl (C=O) groups is 1. The molecule has 0 saturated carbocycles. The van der Waals surface area contributed by atoms with Gasteiger partial charge >= 0.3 is 0 Å². The van der Waals surface area contributed by atoms with Gasteiger partial charge in [0.05, 0.1) is 5.25 Å². The van der Waals surface area contributed by atoms with Gasteiger partial charge in [0.15, 0.2) is 0 Å². The number of carbonyl (C=O) groups excluding carboxylic acids is 1. The summed E-state index contributed by atoms with van der Waals surface area (Å²) in [6, 6.07) is 10.7. The lowest BCUT2D eigenvalue weighted by Gasteiger charge is -2.25. The predicted molar refractivity (Wildman–Crippen MR) is 102 cm³/mol. The highest BCUT2D eigenvalue weighted by Gasteiger charge is 2.32. The van der Waals surface area contributed by atoms with Crippen molar-refractivity contribution in [1.29, 1.82) is 0 Å². The fraction of sp³-hybridized carbons (Fsp3) is 0.350. The molecule has 28 heavy (non-hydrogen) atoms. The maximum atomic E-state index is 13.1. The van der Waals surface area contributed by atoms with Crippen LogP contribution >= 0.6 is 0 Å². The predicted octanol–water partition coefficient (Wildman–Crippen LogP) is 3.20. The van der Waals surface area contributed by atoms with Gasteiger partial charge in [-0.2, -0.15) is 4.31 Å². The quantitative estimate of drug-likeness (QED) is 0.781. The van der Waals surface area contributed by atoms with Crippen LogP contribution in [0.3, 0.4) is 0 Å². The Hall–Kier alpha value is -2.32. The van der Waals surface area contributed by atoms with Gasteiger partial charge in [-0.25, -0.2) is 17.2 Å². The average Bonchev–Trinajstić information content (AvgIpc) is 2.95. The zero-order chi connectivity index (χ0) is 20.3. The molecule has 0 N–H and O–H groups in total. The smallest absolute Gasteiger partial charge is 0.253 e. The van der Waals surface area contributed by atoms with Crippen LogP contribution in [0.25, 0.3) is 0 Å². The van der Waals surface area contributed by atoms with Gasteiger partial charge in [-0.05, 0) is 55.3 Å². The van der Waals surface area contributed by atoms with Crippen molar-refractivity contribution in [1.82, 2.24) is 9.21 Å². The first-order chi connectivity index (χ1) is 13.3. The molecule has 1 fully saturated rings. The van der Waals surface area contributed by atoms with Crippen molar-refractivity contribution in [3.63, 3.8) is 0 Å². The second kappa shape index (κ2) is 8.36. The zero-order valence-corrected chi connectivity index (χ0v) is 16.3. The van der Waals surface area contributed by atoms with E-state index >= 15 is 0 Å². The number of rotatable bonds is 4. The molecular formula is C20H22F2N2O3S. The Morgan fingerprint density at radius 2 is 1.46 bits per heavy atom. The van der Waals surface area contributed by atoms with E-state index < -0.39 is 26.9 Å². The minimum absolute atomic E-state index is 0.181. The van der Waals surface area contributed by atoms with Gasteiger partial charge in [0, 0.05) is 31.7 Å². The molecule has 0 spiro atoms. The summed E-state index contributed by atoms with van der Waals surface area (Å²) in [5.74, 6) is -1.08. The van der Waals surface area contributed by atoms with E-state index in [0.717, 1.165) is 0 Å². The van der Waals surface area contributed by atoms with Crippen molar-refractivity contribution in [2.75, 3.05) is 26.2 Å². The largest absolute Gasteiger partial charge is 0.337 e. The molecule has 0 aromatic heterocycles. The van der Waals surface area contributed by atoms with Crippen LogP contribution < -0.4 is 0 Å². The van der Waals surface area contributed by atoms with E-state index in [1.54, 1.807) is 11.8 Å². The molecule has 8 heteroatoms. The van der Waals surface area contributed by atoms with E-state index in [9.17, 15) is 22.0 Å². The number of sulfonamides is 1. The first-order valence-corrected chi connectivity index (χ1v) is 10.6. The first-order valence-electron chi connectivity index (χ1n) is 9.08. The van der Waals surface area contributed by atoms with Crippen molar-refractivity contribution in [3.8, 4) is 0 Å². The van der Waals surface area contributed by atoms with E-state index in [4.69, 9.17) is 0 Å². The van der Waals surface area contributed by atoms with E-state index in [1.165, 1.54) is 52.8 Å². The average molecular weight is 408 g/mol. The molecule has 0 bridgehead atoms. The molecule has 1 aliphatic heterocycles. The highest BCUT2D eigenvalue weighted by Crippen LogP contribution is 2.26. The van der Waals surface area contributed by atoms with Crippen molar-refractivity contribution in [2.45, 2.75) is 18.6 Å². The summed E-state index contributed by atoms with van der Waals surface area (Å²) < 4.78 is 53.6. The minimum Gasteiger partial charge on any atom is -0.337 e. The first kappa shape index (κ1) is 20.4. The lowest BCUT2D eigenvalue weighted by Crippen LogP contribution is -2.38. The summed E-state index contributed by atoms with van der Waals surface area (Å²) in [5.41, 5.74) is 0.891. The van der Waals surface area contributed by atoms with Crippen molar-refractivity contribution < 1.29 is 22.0 Å². The molecule has 1 unspecified atom stereocenters. The third kappa shape index (κ3) is 4.39. The van der Waals surface area contributed by atoms with E-state index in [2.05, 4.69) is 0 Å². The van der Waals surface area contributed by atoms with Crippen LogP contribution in [0, 0.1) is 11.6 Å². The van der Waals surface area contributed by atoms with Gasteiger partial charge < -0.3 is 4.90 Å². The maximum Gasteiger partial charge on any atom is 0.253 e. The van der Waals surface area contributed by atoms with Crippen LogP contribution in [0.4, 0.5) is 8.78 Å². The zero-order valence-electron chi connectivity index (χ0n) is 15.5. The number of hydrogen-bond acceptors (Lipinski definition) is 3. The Balaban J connectivity index is 1.70. The standard InChI is InChI=1S/C20H22F2N2O3S/c1-15(16-3-7-18(21)8-4-16)28(26,27)24-12-2-11-23(13-14-24)20(25)17-5-9-19(22)10-6-17/h3-10,15H,2,11-14H2,1H3. The van der Waals surface area contributed by atoms with Crippen LogP contribution in [-0.4, -0.2) is 49.7 Å². The van der Waals surface area contributed by atoms with Crippen LogP contribution in [0.2, 0.25) is 0 Å². The van der Waals surface area contributed by atoms with Gasteiger partial charge in [-0.1, -0.05) is 12.1 Å². The normalized spacial score (nSPS) is 17.2. The van der Waals surface area contributed by atoms with Gasteiger partial charge in [0.1, 0.15) is 11.6 Å². The van der Waals surface area contributed by atoms with Crippen molar-refractivity contribution >= 4 is 15.9 Å². The van der Waals surface area contributed by atoms with Gasteiger partial charge in [-0.15, -0.1) is 0 Å². The molecule has 1 heterocycles. The summed E-state index contributed by atoms with van der Waals surface area (Å²) >= 11 is 0. The molecule has 1 saturated heterocycles. The van der Waals surface area contributed by atoms with Crippen molar-refractivity contribution in [3.05, 3.63) is 71.3 Å². The van der Waals surface area contributed by atoms with E-state index in [1.807, 2.05) is 0 Å². The molecule has 1 amide bonds. The Morgan fingerprint density at radius 3 is 2.07 bits per heavy atom. The third-order valence-corrected chi connectivity index (χ3v) is 7.23. The molecule has 0 radical (unpaired) electrons. The molecule has 0 aliphatic carbocycles. The summed E-state index contributed by atoms with van der Waals surface area (Å²) in [5, 5.41) is -0.813. The molecular weight excluding hydrogens is 386 g/mol. The van der Waals surface area contributed by atoms with Gasteiger partial charge in [0.2, 0.25) is 10.0 Å². The summed E-state index contributed by atoms with van der Waals surface area (Å²) in [6.45, 7) is 2.75. The topological polar surface area (TPSA) is 57.7 Å². The number of nitrogens with zero attached hydrogens (tertiary/aromatic N) is 2. The van der Waals surface area contributed by atoms with Gasteiger partial charge in [-0.3, -0.25) is 4.79 Å². The Morgan fingerprint density at radius 1 is 0.893 bits per heavy atom. The fourth-order valence-corrected chi connectivity index (χ4v) is 4.92. The lowest BCUT2D eigenvalue weighted by atomic mass is 10.2. The minimum atomic E-state index is -3.65. The van der Waals surface area contributed by atoms with E-state index in [-0.39, 0.29) is 19.0 Å². The van der Waals surface area contributed by atoms with E-state index in [0.29, 0.717) is 30.6 Å².